The summed E-state index contributed by atoms with van der Waals surface area (Å²) in [6.07, 6.45) is -6.81. The zero-order valence-corrected chi connectivity index (χ0v) is 25.4. The van der Waals surface area contributed by atoms with Crippen LogP contribution in [-0.4, -0.2) is 93.9 Å². The first-order valence-electron chi connectivity index (χ1n) is 13.4. The van der Waals surface area contributed by atoms with Gasteiger partial charge in [-0.25, -0.2) is 9.55 Å². The van der Waals surface area contributed by atoms with Crippen molar-refractivity contribution in [3.8, 4) is 0 Å². The van der Waals surface area contributed by atoms with Gasteiger partial charge in [0.1, 0.15) is 42.3 Å². The van der Waals surface area contributed by atoms with Crippen molar-refractivity contribution < 1.29 is 52.1 Å². The third kappa shape index (κ3) is 5.51. The van der Waals surface area contributed by atoms with Crippen molar-refractivity contribution in [1.82, 2.24) is 24.1 Å². The molecule has 7 heterocycles. The van der Waals surface area contributed by atoms with Crippen molar-refractivity contribution >= 4 is 60.1 Å². The van der Waals surface area contributed by atoms with Crippen molar-refractivity contribution in [3.05, 3.63) is 47.1 Å². The molecule has 3 saturated heterocycles. The highest BCUT2D eigenvalue weighted by atomic mass is 32.5. The number of pyridine rings is 1. The Labute approximate surface area is 257 Å². The number of ether oxygens (including phenoxy) is 2. The van der Waals surface area contributed by atoms with E-state index in [2.05, 4.69) is 15.0 Å². The number of H-pyrrole nitrogens is 1. The molecule has 45 heavy (non-hydrogen) atoms. The highest BCUT2D eigenvalue weighted by Crippen LogP contribution is 2.54. The molecular weight excluding hydrogens is 660 g/mol. The Morgan fingerprint density at radius 3 is 2.38 bits per heavy atom. The second-order valence-corrected chi connectivity index (χ2v) is 14.7. The number of hydrogen-bond donors (Lipinski definition) is 7. The number of anilines is 2. The van der Waals surface area contributed by atoms with Gasteiger partial charge in [-0.2, -0.15) is 4.98 Å². The van der Waals surface area contributed by atoms with Crippen LogP contribution in [0.2, 0.25) is 0 Å². The Morgan fingerprint density at radius 1 is 0.911 bits per heavy atom. The van der Waals surface area contributed by atoms with E-state index in [1.165, 1.54) is 27.6 Å². The van der Waals surface area contributed by atoms with Crippen LogP contribution in [0.15, 0.2) is 41.6 Å². The van der Waals surface area contributed by atoms with Gasteiger partial charge < -0.3 is 54.6 Å². The van der Waals surface area contributed by atoms with Gasteiger partial charge in [0.2, 0.25) is 5.95 Å². The summed E-state index contributed by atoms with van der Waals surface area (Å²) in [4.78, 5) is 44.8. The van der Waals surface area contributed by atoms with Gasteiger partial charge >= 0.3 is 14.5 Å². The number of nitrogens with two attached hydrogens (primary N) is 2. The molecule has 0 spiro atoms. The molecule has 0 saturated carbocycles. The molecule has 2 bridgehead atoms. The number of nitrogen functional groups attached to an aromatic ring is 2. The molecule has 4 unspecified atom stereocenters. The van der Waals surface area contributed by atoms with Gasteiger partial charge in [0, 0.05) is 29.7 Å². The van der Waals surface area contributed by atoms with Crippen molar-refractivity contribution in [2.75, 3.05) is 24.7 Å². The fourth-order valence-electron chi connectivity index (χ4n) is 5.66. The zero-order valence-electron chi connectivity index (χ0n) is 22.8. The molecule has 4 aromatic heterocycles. The average molecular weight is 688 g/mol. The molecule has 4 aromatic rings. The standard InChI is InChI=1S/C23H27N7O12P2S/c24-11-1-4-26-18-9(11)2-5-29(18)22-17-14(31)12(39-22)7-37-43(34,35)41-16-13(8-38-44(36,45)42-17)40-21(15(16)32)30-6-3-10-19(30)27-23(25)28-20(10)33/h1-6,12-17,21-22,31-32H,7-8H2,(H2,24,26)(H,34,35)(H,36,45)(H3,25,27,28,33)/t12-,13-,14?,15?,16+,17+,21-,22-,44?/m1/s1. The summed E-state index contributed by atoms with van der Waals surface area (Å²) in [5, 5.41) is 23.1. The summed E-state index contributed by atoms with van der Waals surface area (Å²) in [5.41, 5.74) is 12.1. The Bertz CT molecular complexity index is 1940. The minimum atomic E-state index is -4.99. The van der Waals surface area contributed by atoms with Crippen molar-refractivity contribution in [2.24, 2.45) is 0 Å². The van der Waals surface area contributed by atoms with E-state index in [-0.39, 0.29) is 17.0 Å². The zero-order chi connectivity index (χ0) is 31.8. The number of fused-ring (bicyclic) bond motifs is 5. The van der Waals surface area contributed by atoms with Gasteiger partial charge in [-0.05, 0) is 30.0 Å². The van der Waals surface area contributed by atoms with Gasteiger partial charge in [-0.3, -0.25) is 23.3 Å². The first kappa shape index (κ1) is 30.8. The van der Waals surface area contributed by atoms with Crippen molar-refractivity contribution in [3.63, 3.8) is 0 Å². The fourth-order valence-corrected chi connectivity index (χ4v) is 8.04. The number of aromatic nitrogens is 5. The lowest BCUT2D eigenvalue weighted by Crippen LogP contribution is -2.36. The molecular formula is C23H27N7O12P2S. The number of phosphoric acid groups is 1. The maximum Gasteiger partial charge on any atom is 0.472 e. The Balaban J connectivity index is 1.21. The molecule has 0 aromatic carbocycles. The van der Waals surface area contributed by atoms with E-state index >= 15 is 0 Å². The summed E-state index contributed by atoms with van der Waals surface area (Å²) < 4.78 is 49.7. The quantitative estimate of drug-likeness (QED) is 0.132. The molecule has 3 aliphatic rings. The van der Waals surface area contributed by atoms with Gasteiger partial charge in [0.15, 0.2) is 18.1 Å². The third-order valence-corrected chi connectivity index (χ3v) is 10.3. The first-order chi connectivity index (χ1) is 21.3. The predicted molar refractivity (Wildman–Crippen MR) is 157 cm³/mol. The van der Waals surface area contributed by atoms with Crippen LogP contribution >= 0.6 is 14.5 Å². The van der Waals surface area contributed by atoms with E-state index in [1.807, 2.05) is 0 Å². The number of aliphatic hydroxyl groups excluding tert-OH is 2. The van der Waals surface area contributed by atoms with Gasteiger partial charge in [0.05, 0.1) is 18.6 Å². The Hall–Kier alpha value is -2.81. The smallest absolute Gasteiger partial charge is 0.398 e. The minimum Gasteiger partial charge on any atom is -0.398 e. The van der Waals surface area contributed by atoms with Crippen LogP contribution in [0.1, 0.15) is 12.5 Å². The fraction of sp³-hybridized carbons (Fsp3) is 0.435. The summed E-state index contributed by atoms with van der Waals surface area (Å²) in [6, 6.07) is 4.69. The third-order valence-electron chi connectivity index (χ3n) is 7.73. The van der Waals surface area contributed by atoms with Crippen LogP contribution in [0.4, 0.5) is 11.6 Å². The van der Waals surface area contributed by atoms with Crippen LogP contribution in [0.3, 0.4) is 0 Å². The molecule has 0 radical (unpaired) electrons. The van der Waals surface area contributed by atoms with Crippen LogP contribution in [-0.2, 0) is 43.9 Å². The van der Waals surface area contributed by atoms with E-state index in [9.17, 15) is 29.4 Å². The van der Waals surface area contributed by atoms with Gasteiger partial charge in [-0.1, -0.05) is 0 Å². The second kappa shape index (κ2) is 11.2. The average Bonchev–Trinajstić information content (AvgIpc) is 3.72. The van der Waals surface area contributed by atoms with Crippen LogP contribution in [0.25, 0.3) is 22.1 Å². The number of nitrogens with one attached hydrogen (secondary N) is 1. The summed E-state index contributed by atoms with van der Waals surface area (Å²) in [6.45, 7) is -5.50. The van der Waals surface area contributed by atoms with E-state index in [4.69, 9.17) is 50.8 Å². The van der Waals surface area contributed by atoms with Gasteiger partial charge in [-0.15, -0.1) is 0 Å². The van der Waals surface area contributed by atoms with Gasteiger partial charge in [0.25, 0.3) is 5.56 Å². The number of nitrogens with zero attached hydrogens (tertiary/aromatic N) is 4. The van der Waals surface area contributed by atoms with E-state index < -0.39 is 82.4 Å². The lowest BCUT2D eigenvalue weighted by molar-refractivity contribution is -0.0634. The maximum atomic E-state index is 13.1. The molecule has 22 heteroatoms. The SMILES string of the molecule is Nc1nc2c(ccn2[C@@H]2O[C@@H]3COP(O)(=S)O[C@H]4C(O)[C@@H](COP(=O)(O)O[C@@H]3C2O)O[C@H]4n2ccc3c(N)ccnc32)c(=O)[nH]1. The number of phosphoric ester groups is 1. The van der Waals surface area contributed by atoms with Crippen LogP contribution < -0.4 is 17.0 Å². The lowest BCUT2D eigenvalue weighted by atomic mass is 10.1. The molecule has 3 aliphatic heterocycles. The molecule has 10 atom stereocenters. The largest absolute Gasteiger partial charge is 0.472 e. The summed E-state index contributed by atoms with van der Waals surface area (Å²) in [5.74, 6) is -0.196. The Kier molecular flexibility index (Phi) is 7.65. The number of aliphatic hydroxyl groups is 2. The van der Waals surface area contributed by atoms with Crippen LogP contribution in [0.5, 0.6) is 0 Å². The minimum absolute atomic E-state index is 0.0524. The first-order valence-corrected chi connectivity index (χ1v) is 17.5. The molecule has 0 aliphatic carbocycles. The summed E-state index contributed by atoms with van der Waals surface area (Å²) >= 11 is 5.26. The summed E-state index contributed by atoms with van der Waals surface area (Å²) in [7, 11) is -4.99. The maximum absolute atomic E-state index is 13.1. The van der Waals surface area contributed by atoms with Crippen LogP contribution in [0, 0.1) is 0 Å². The molecule has 242 valence electrons. The normalized spacial score (nSPS) is 37.7. The van der Waals surface area contributed by atoms with E-state index in [0.29, 0.717) is 16.7 Å². The molecule has 9 N–H and O–H groups in total. The number of hydrogen-bond acceptors (Lipinski definition) is 15. The molecule has 3 fully saturated rings. The van der Waals surface area contributed by atoms with Crippen molar-refractivity contribution in [2.45, 2.75) is 49.1 Å². The molecule has 0 amide bonds. The van der Waals surface area contributed by atoms with Crippen molar-refractivity contribution in [1.29, 1.82) is 0 Å². The Morgan fingerprint density at radius 2 is 1.60 bits per heavy atom. The van der Waals surface area contributed by atoms with E-state index in [0.717, 1.165) is 0 Å². The lowest BCUT2D eigenvalue weighted by Gasteiger charge is -2.27. The highest BCUT2D eigenvalue weighted by Gasteiger charge is 2.53. The topological polar surface area (TPSA) is 274 Å². The number of rotatable bonds is 2. The van der Waals surface area contributed by atoms with E-state index in [1.54, 1.807) is 18.3 Å². The highest BCUT2D eigenvalue weighted by molar-refractivity contribution is 8.07. The number of aromatic amines is 1. The second-order valence-electron chi connectivity index (χ2n) is 10.6. The predicted octanol–water partition coefficient (Wildman–Crippen LogP) is -0.410. The molecule has 19 nitrogen and oxygen atoms in total. The molecule has 7 rings (SSSR count). The monoisotopic (exact) mass is 687 g/mol.